The molecule has 3 heteroatoms. The Labute approximate surface area is 76.8 Å². The van der Waals surface area contributed by atoms with Crippen LogP contribution in [0, 0.1) is 0 Å². The molecule has 0 spiro atoms. The van der Waals surface area contributed by atoms with Crippen LogP contribution >= 0.6 is 0 Å². The molecule has 0 saturated heterocycles. The van der Waals surface area contributed by atoms with Crippen molar-refractivity contribution in [3.8, 4) is 0 Å². The van der Waals surface area contributed by atoms with Gasteiger partial charge in [0.2, 0.25) is 5.78 Å². The lowest BCUT2D eigenvalue weighted by Gasteiger charge is -1.93. The number of carbonyl (C=O) groups is 1. The zero-order valence-electron chi connectivity index (χ0n) is 7.45. The van der Waals surface area contributed by atoms with E-state index in [0.29, 0.717) is 12.0 Å². The molecule has 1 saturated carbocycles. The summed E-state index contributed by atoms with van der Waals surface area (Å²) >= 11 is 0. The van der Waals surface area contributed by atoms with Gasteiger partial charge < -0.3 is 5.21 Å². The molecule has 1 aliphatic carbocycles. The number of nitrogens with zero attached hydrogens (tertiary/aromatic N) is 1. The van der Waals surface area contributed by atoms with Crippen LogP contribution in [0.2, 0.25) is 0 Å². The number of carbonyl (C=O) groups excluding carboxylic acids is 1. The van der Waals surface area contributed by atoms with Crippen LogP contribution in [0.4, 0.5) is 0 Å². The lowest BCUT2D eigenvalue weighted by Crippen LogP contribution is -2.05. The normalized spacial score (nSPS) is 26.2. The summed E-state index contributed by atoms with van der Waals surface area (Å²) < 4.78 is 0. The third kappa shape index (κ3) is 1.59. The van der Waals surface area contributed by atoms with Gasteiger partial charge in [-0.1, -0.05) is 30.0 Å². The summed E-state index contributed by atoms with van der Waals surface area (Å²) in [6.07, 6.45) is 5.48. The monoisotopic (exact) mass is 177 g/mol. The predicted octanol–water partition coefficient (Wildman–Crippen LogP) is 1.85. The average molecular weight is 177 g/mol. The Morgan fingerprint density at radius 2 is 2.31 bits per heavy atom. The number of oxime groups is 1. The van der Waals surface area contributed by atoms with Gasteiger partial charge in [0, 0.05) is 12.0 Å². The summed E-state index contributed by atoms with van der Waals surface area (Å²) in [6.45, 7) is 5.33. The van der Waals surface area contributed by atoms with Crippen molar-refractivity contribution >= 4 is 11.5 Å². The van der Waals surface area contributed by atoms with Gasteiger partial charge in [-0.15, -0.1) is 0 Å². The van der Waals surface area contributed by atoms with Crippen molar-refractivity contribution in [1.82, 2.24) is 0 Å². The molecule has 0 aromatic heterocycles. The SMILES string of the molecule is C=C/C=C1/C/C(=N\O)C(=O)/C1=C/C. The van der Waals surface area contributed by atoms with Crippen LogP contribution in [-0.2, 0) is 4.79 Å². The van der Waals surface area contributed by atoms with Crippen LogP contribution in [0.3, 0.4) is 0 Å². The molecule has 0 heterocycles. The maximum atomic E-state index is 11.4. The quantitative estimate of drug-likeness (QED) is 0.377. The Balaban J connectivity index is 3.14. The highest BCUT2D eigenvalue weighted by Crippen LogP contribution is 2.25. The van der Waals surface area contributed by atoms with Gasteiger partial charge in [-0.3, -0.25) is 4.79 Å². The Hall–Kier alpha value is -1.64. The van der Waals surface area contributed by atoms with Gasteiger partial charge in [-0.25, -0.2) is 0 Å². The first kappa shape index (κ1) is 9.45. The Morgan fingerprint density at radius 3 is 2.77 bits per heavy atom. The Bertz CT molecular complexity index is 335. The van der Waals surface area contributed by atoms with Crippen molar-refractivity contribution in [3.63, 3.8) is 0 Å². The minimum absolute atomic E-state index is 0.196. The highest BCUT2D eigenvalue weighted by Gasteiger charge is 2.28. The average Bonchev–Trinajstić information content (AvgIpc) is 2.43. The van der Waals surface area contributed by atoms with E-state index in [0.717, 1.165) is 5.57 Å². The second kappa shape index (κ2) is 3.85. The van der Waals surface area contributed by atoms with E-state index >= 15 is 0 Å². The first-order valence-electron chi connectivity index (χ1n) is 3.98. The molecule has 3 nitrogen and oxygen atoms in total. The fraction of sp³-hybridized carbons (Fsp3) is 0.200. The number of ketones is 1. The van der Waals surface area contributed by atoms with Crippen LogP contribution in [0.5, 0.6) is 0 Å². The number of allylic oxidation sites excluding steroid dienone is 5. The van der Waals surface area contributed by atoms with Gasteiger partial charge in [0.05, 0.1) is 0 Å². The Morgan fingerprint density at radius 1 is 1.62 bits per heavy atom. The lowest BCUT2D eigenvalue weighted by atomic mass is 10.1. The molecule has 1 rings (SSSR count). The molecule has 0 atom stereocenters. The Kier molecular flexibility index (Phi) is 2.80. The summed E-state index contributed by atoms with van der Waals surface area (Å²) in [6, 6.07) is 0. The molecule has 1 fully saturated rings. The molecule has 13 heavy (non-hydrogen) atoms. The second-order valence-electron chi connectivity index (χ2n) is 2.68. The minimum atomic E-state index is -0.196. The zero-order chi connectivity index (χ0) is 9.84. The van der Waals surface area contributed by atoms with Crippen molar-refractivity contribution in [3.05, 3.63) is 36.0 Å². The zero-order valence-corrected chi connectivity index (χ0v) is 7.45. The summed E-state index contributed by atoms with van der Waals surface area (Å²) in [4.78, 5) is 11.4. The first-order valence-corrected chi connectivity index (χ1v) is 3.98. The van der Waals surface area contributed by atoms with Crippen molar-refractivity contribution in [2.75, 3.05) is 0 Å². The smallest absolute Gasteiger partial charge is 0.210 e. The summed E-state index contributed by atoms with van der Waals surface area (Å²) in [5.41, 5.74) is 1.66. The third-order valence-corrected chi connectivity index (χ3v) is 1.94. The van der Waals surface area contributed by atoms with Gasteiger partial charge >= 0.3 is 0 Å². The maximum absolute atomic E-state index is 11.4. The number of Topliss-reactive ketones (excluding diaryl/α,β-unsaturated/α-hetero) is 1. The number of hydrogen-bond acceptors (Lipinski definition) is 3. The van der Waals surface area contributed by atoms with Gasteiger partial charge in [-0.2, -0.15) is 0 Å². The van der Waals surface area contributed by atoms with E-state index in [9.17, 15) is 4.79 Å². The third-order valence-electron chi connectivity index (χ3n) is 1.94. The molecule has 1 aliphatic rings. The van der Waals surface area contributed by atoms with Crippen LogP contribution in [0.15, 0.2) is 41.1 Å². The van der Waals surface area contributed by atoms with Gasteiger partial charge in [-0.05, 0) is 12.5 Å². The molecule has 0 bridgehead atoms. The van der Waals surface area contributed by atoms with E-state index in [1.807, 2.05) is 0 Å². The van der Waals surface area contributed by atoms with E-state index < -0.39 is 0 Å². The molecule has 0 amide bonds. The summed E-state index contributed by atoms with van der Waals surface area (Å²) in [7, 11) is 0. The van der Waals surface area contributed by atoms with Crippen LogP contribution in [-0.4, -0.2) is 16.7 Å². The van der Waals surface area contributed by atoms with E-state index in [1.54, 1.807) is 25.2 Å². The molecule has 0 aromatic rings. The van der Waals surface area contributed by atoms with Crippen LogP contribution < -0.4 is 0 Å². The fourth-order valence-electron chi connectivity index (χ4n) is 1.35. The number of rotatable bonds is 1. The summed E-state index contributed by atoms with van der Waals surface area (Å²) in [5.74, 6) is -0.196. The van der Waals surface area contributed by atoms with Crippen LogP contribution in [0.1, 0.15) is 13.3 Å². The molecule has 68 valence electrons. The summed E-state index contributed by atoms with van der Waals surface area (Å²) in [5, 5.41) is 11.5. The standard InChI is InChI=1S/C10H11NO2/c1-3-5-7-6-9(11-13)10(12)8(7)4-2/h3-5,13H,1,6H2,2H3/b7-5-,8-4+,11-9+. The van der Waals surface area contributed by atoms with Gasteiger partial charge in [0.15, 0.2) is 0 Å². The van der Waals surface area contributed by atoms with E-state index in [-0.39, 0.29) is 11.5 Å². The fourth-order valence-corrected chi connectivity index (χ4v) is 1.35. The van der Waals surface area contributed by atoms with Crippen LogP contribution in [0.25, 0.3) is 0 Å². The topological polar surface area (TPSA) is 49.7 Å². The van der Waals surface area contributed by atoms with E-state index in [2.05, 4.69) is 11.7 Å². The minimum Gasteiger partial charge on any atom is -0.411 e. The molecule has 0 aromatic carbocycles. The molecule has 0 unspecified atom stereocenters. The predicted molar refractivity (Wildman–Crippen MR) is 50.9 cm³/mol. The lowest BCUT2D eigenvalue weighted by molar-refractivity contribution is -0.109. The largest absolute Gasteiger partial charge is 0.411 e. The van der Waals surface area contributed by atoms with E-state index in [1.165, 1.54) is 0 Å². The van der Waals surface area contributed by atoms with Crippen molar-refractivity contribution in [2.45, 2.75) is 13.3 Å². The molecular weight excluding hydrogens is 166 g/mol. The highest BCUT2D eigenvalue weighted by atomic mass is 16.4. The first-order chi connectivity index (χ1) is 6.24. The molecule has 0 aliphatic heterocycles. The second-order valence-corrected chi connectivity index (χ2v) is 2.68. The molecular formula is C10H11NO2. The maximum Gasteiger partial charge on any atom is 0.210 e. The van der Waals surface area contributed by atoms with E-state index in [4.69, 9.17) is 5.21 Å². The molecule has 0 radical (unpaired) electrons. The highest BCUT2D eigenvalue weighted by molar-refractivity contribution is 6.50. The molecule has 1 N–H and O–H groups in total. The van der Waals surface area contributed by atoms with Crippen molar-refractivity contribution in [1.29, 1.82) is 0 Å². The van der Waals surface area contributed by atoms with Crippen molar-refractivity contribution < 1.29 is 10.0 Å². The number of hydrogen-bond donors (Lipinski definition) is 1. The van der Waals surface area contributed by atoms with Gasteiger partial charge in [0.1, 0.15) is 5.71 Å². The van der Waals surface area contributed by atoms with Gasteiger partial charge in [0.25, 0.3) is 0 Å². The van der Waals surface area contributed by atoms with Crippen molar-refractivity contribution in [2.24, 2.45) is 5.16 Å².